The predicted molar refractivity (Wildman–Crippen MR) is 128 cm³/mol. The number of ether oxygens (including phenoxy) is 2. The fourth-order valence-electron chi connectivity index (χ4n) is 5.10. The summed E-state index contributed by atoms with van der Waals surface area (Å²) < 4.78 is 11.9. The highest BCUT2D eigenvalue weighted by Crippen LogP contribution is 2.44. The highest BCUT2D eigenvalue weighted by atomic mass is 16.5. The van der Waals surface area contributed by atoms with Crippen LogP contribution in [0.3, 0.4) is 0 Å². The van der Waals surface area contributed by atoms with E-state index in [1.807, 2.05) is 32.0 Å². The van der Waals surface area contributed by atoms with Crippen LogP contribution >= 0.6 is 0 Å². The van der Waals surface area contributed by atoms with Gasteiger partial charge in [0.1, 0.15) is 0 Å². The Bertz CT molecular complexity index is 1070. The second-order valence-electron chi connectivity index (χ2n) is 9.42. The number of aryl methyl sites for hydroxylation is 2. The molecule has 5 heteroatoms. The zero-order valence-electron chi connectivity index (χ0n) is 19.8. The number of carbonyl (C=O) groups is 1. The third kappa shape index (κ3) is 5.16. The van der Waals surface area contributed by atoms with E-state index in [0.29, 0.717) is 25.7 Å². The summed E-state index contributed by atoms with van der Waals surface area (Å²) in [4.78, 5) is 16.2. The number of aliphatic carboxylic acids is 1. The highest BCUT2D eigenvalue weighted by molar-refractivity contribution is 5.70. The number of aromatic nitrogens is 1. The molecule has 0 aliphatic heterocycles. The van der Waals surface area contributed by atoms with Gasteiger partial charge in [-0.2, -0.15) is 0 Å². The number of benzene rings is 1. The Morgan fingerprint density at radius 3 is 2.42 bits per heavy atom. The fraction of sp³-hybridized carbons (Fsp3) is 0.500. The van der Waals surface area contributed by atoms with E-state index in [1.54, 1.807) is 7.11 Å². The first-order chi connectivity index (χ1) is 15.9. The van der Waals surface area contributed by atoms with Gasteiger partial charge in [0.05, 0.1) is 30.2 Å². The van der Waals surface area contributed by atoms with Gasteiger partial charge in [-0.15, -0.1) is 0 Å². The van der Waals surface area contributed by atoms with E-state index in [2.05, 4.69) is 29.0 Å². The minimum Gasteiger partial charge on any atom is -0.493 e. The number of hydrogen-bond donors (Lipinski definition) is 1. The Morgan fingerprint density at radius 2 is 1.79 bits per heavy atom. The second-order valence-corrected chi connectivity index (χ2v) is 9.42. The van der Waals surface area contributed by atoms with Crippen molar-refractivity contribution in [3.05, 3.63) is 52.8 Å². The lowest BCUT2D eigenvalue weighted by molar-refractivity contribution is -0.143. The summed E-state index contributed by atoms with van der Waals surface area (Å²) in [5.41, 5.74) is 3.45. The van der Waals surface area contributed by atoms with Crippen molar-refractivity contribution in [3.8, 4) is 23.3 Å². The molecule has 1 aromatic heterocycles. The Balaban J connectivity index is 1.72. The first-order valence-corrected chi connectivity index (χ1v) is 12.0. The lowest BCUT2D eigenvalue weighted by Crippen LogP contribution is -2.33. The molecule has 0 atom stereocenters. The zero-order chi connectivity index (χ0) is 23.4. The lowest BCUT2D eigenvalue weighted by Gasteiger charge is -2.36. The third-order valence-corrected chi connectivity index (χ3v) is 7.16. The zero-order valence-corrected chi connectivity index (χ0v) is 19.8. The van der Waals surface area contributed by atoms with Crippen LogP contribution < -0.4 is 9.47 Å². The molecule has 33 heavy (non-hydrogen) atoms. The molecule has 1 heterocycles. The first kappa shape index (κ1) is 23.2. The van der Waals surface area contributed by atoms with Gasteiger partial charge in [0.25, 0.3) is 0 Å². The molecule has 5 nitrogen and oxygen atoms in total. The number of hydrogen-bond acceptors (Lipinski definition) is 4. The standard InChI is InChI=1S/C28H33NO4/c1-19-8-9-21(20(2)29-19)12-15-28(16-13-22(14-17-28)27(30)31)23-10-11-25(32-3)26(18-23)33-24-6-4-5-7-24/h8-11,18,22,24H,4-7,13-14,16-17H2,1-3H3,(H,30,31)/t22-,28-. The fourth-order valence-corrected chi connectivity index (χ4v) is 5.10. The Hall–Kier alpha value is -3.00. The molecule has 0 unspecified atom stereocenters. The van der Waals surface area contributed by atoms with Gasteiger partial charge in [0, 0.05) is 11.3 Å². The Morgan fingerprint density at radius 1 is 1.06 bits per heavy atom. The summed E-state index contributed by atoms with van der Waals surface area (Å²) in [5.74, 6) is 7.42. The topological polar surface area (TPSA) is 68.7 Å². The molecule has 2 aliphatic carbocycles. The van der Waals surface area contributed by atoms with Crippen molar-refractivity contribution in [2.24, 2.45) is 5.92 Å². The molecule has 2 aromatic rings. The monoisotopic (exact) mass is 447 g/mol. The average Bonchev–Trinajstić information content (AvgIpc) is 3.32. The van der Waals surface area contributed by atoms with Crippen molar-refractivity contribution in [3.63, 3.8) is 0 Å². The molecule has 2 fully saturated rings. The maximum atomic E-state index is 11.6. The third-order valence-electron chi connectivity index (χ3n) is 7.16. The molecule has 2 aliphatic rings. The maximum absolute atomic E-state index is 11.6. The summed E-state index contributed by atoms with van der Waals surface area (Å²) in [7, 11) is 1.66. The van der Waals surface area contributed by atoms with Crippen molar-refractivity contribution in [1.29, 1.82) is 0 Å². The van der Waals surface area contributed by atoms with Crippen LogP contribution in [0.25, 0.3) is 0 Å². The average molecular weight is 448 g/mol. The van der Waals surface area contributed by atoms with Crippen molar-refractivity contribution < 1.29 is 19.4 Å². The van der Waals surface area contributed by atoms with Gasteiger partial charge in [-0.25, -0.2) is 0 Å². The number of nitrogens with zero attached hydrogens (tertiary/aromatic N) is 1. The summed E-state index contributed by atoms with van der Waals surface area (Å²) >= 11 is 0. The van der Waals surface area contributed by atoms with Gasteiger partial charge in [0.15, 0.2) is 11.5 Å². The normalized spacial score (nSPS) is 22.9. The smallest absolute Gasteiger partial charge is 0.306 e. The maximum Gasteiger partial charge on any atom is 0.306 e. The largest absolute Gasteiger partial charge is 0.493 e. The van der Waals surface area contributed by atoms with Gasteiger partial charge in [-0.1, -0.05) is 17.9 Å². The number of methoxy groups -OCH3 is 1. The lowest BCUT2D eigenvalue weighted by atomic mass is 9.67. The molecule has 0 amide bonds. The molecule has 0 bridgehead atoms. The number of rotatable bonds is 5. The molecule has 1 N–H and O–H groups in total. The Kier molecular flexibility index (Phi) is 6.93. The minimum absolute atomic E-state index is 0.222. The van der Waals surface area contributed by atoms with Crippen molar-refractivity contribution in [2.75, 3.05) is 7.11 Å². The van der Waals surface area contributed by atoms with Crippen LogP contribution in [0.4, 0.5) is 0 Å². The SMILES string of the molecule is COc1ccc([C@]2(C#Cc3ccc(C)nc3C)CC[C@@H](C(=O)O)CC2)cc1OC1CCCC1. The molecular formula is C28H33NO4. The van der Waals surface area contributed by atoms with Gasteiger partial charge < -0.3 is 14.6 Å². The molecular weight excluding hydrogens is 414 g/mol. The van der Waals surface area contributed by atoms with E-state index in [-0.39, 0.29) is 12.0 Å². The van der Waals surface area contributed by atoms with Crippen molar-refractivity contribution >= 4 is 5.97 Å². The van der Waals surface area contributed by atoms with E-state index in [1.165, 1.54) is 12.8 Å². The van der Waals surface area contributed by atoms with E-state index in [9.17, 15) is 9.90 Å². The van der Waals surface area contributed by atoms with Gasteiger partial charge >= 0.3 is 5.97 Å². The predicted octanol–water partition coefficient (Wildman–Crippen LogP) is 5.59. The van der Waals surface area contributed by atoms with Gasteiger partial charge in [-0.3, -0.25) is 9.78 Å². The van der Waals surface area contributed by atoms with Crippen LogP contribution in [-0.4, -0.2) is 29.3 Å². The van der Waals surface area contributed by atoms with Gasteiger partial charge in [0.2, 0.25) is 0 Å². The highest BCUT2D eigenvalue weighted by Gasteiger charge is 2.38. The second kappa shape index (κ2) is 9.87. The van der Waals surface area contributed by atoms with Crippen molar-refractivity contribution in [2.45, 2.75) is 76.7 Å². The molecule has 0 spiro atoms. The molecule has 0 saturated heterocycles. The summed E-state index contributed by atoms with van der Waals surface area (Å²) in [6.07, 6.45) is 7.37. The summed E-state index contributed by atoms with van der Waals surface area (Å²) in [6.45, 7) is 3.95. The van der Waals surface area contributed by atoms with Crippen LogP contribution in [0, 0.1) is 31.6 Å². The van der Waals surface area contributed by atoms with E-state index in [0.717, 1.165) is 46.9 Å². The van der Waals surface area contributed by atoms with Crippen LogP contribution in [0.2, 0.25) is 0 Å². The molecule has 174 valence electrons. The van der Waals surface area contributed by atoms with E-state index in [4.69, 9.17) is 9.47 Å². The van der Waals surface area contributed by atoms with Crippen LogP contribution in [0.1, 0.15) is 73.9 Å². The number of carboxylic acid groups (broad SMARTS) is 1. The quantitative estimate of drug-likeness (QED) is 0.605. The van der Waals surface area contributed by atoms with Crippen molar-refractivity contribution in [1.82, 2.24) is 4.98 Å². The molecule has 4 rings (SSSR count). The van der Waals surface area contributed by atoms with Crippen LogP contribution in [0.5, 0.6) is 11.5 Å². The number of carboxylic acids is 1. The van der Waals surface area contributed by atoms with Crippen LogP contribution in [0.15, 0.2) is 30.3 Å². The van der Waals surface area contributed by atoms with E-state index >= 15 is 0 Å². The van der Waals surface area contributed by atoms with E-state index < -0.39 is 11.4 Å². The minimum atomic E-state index is -0.713. The first-order valence-electron chi connectivity index (χ1n) is 12.0. The summed E-state index contributed by atoms with van der Waals surface area (Å²) in [6, 6.07) is 10.1. The molecule has 1 aromatic carbocycles. The van der Waals surface area contributed by atoms with Gasteiger partial charge in [-0.05, 0) is 95.0 Å². The summed E-state index contributed by atoms with van der Waals surface area (Å²) in [5, 5.41) is 9.54. The molecule has 0 radical (unpaired) electrons. The Labute approximate surface area is 196 Å². The molecule has 2 saturated carbocycles. The van der Waals surface area contributed by atoms with Crippen LogP contribution in [-0.2, 0) is 10.2 Å². The number of pyridine rings is 1.